The lowest BCUT2D eigenvalue weighted by Crippen LogP contribution is -2.43. The third kappa shape index (κ3) is 5.51. The smallest absolute Gasteiger partial charge is 0.315 e. The number of aromatic nitrogens is 4. The molecule has 3 fully saturated rings. The second-order valence-electron chi connectivity index (χ2n) is 9.87. The maximum Gasteiger partial charge on any atom is 0.315 e. The van der Waals surface area contributed by atoms with Crippen LogP contribution in [-0.2, 0) is 15.0 Å². The number of nitrogens with two attached hydrogens (primary N) is 1. The zero-order chi connectivity index (χ0) is 27.0. The molecule has 0 radical (unpaired) electrons. The molecule has 0 bridgehead atoms. The number of hydrogen-bond donors (Lipinski definition) is 7. The number of urea groups is 1. The van der Waals surface area contributed by atoms with E-state index in [9.17, 15) is 28.2 Å². The molecule has 2 unspecified atom stereocenters. The molecule has 2 aliphatic heterocycles. The topological polar surface area (TPSA) is 226 Å². The molecule has 4 heterocycles. The predicted molar refractivity (Wildman–Crippen MR) is 138 cm³/mol. The Morgan fingerprint density at radius 2 is 2.03 bits per heavy atom. The molecule has 1 saturated carbocycles. The van der Waals surface area contributed by atoms with Gasteiger partial charge >= 0.3 is 16.2 Å². The van der Waals surface area contributed by atoms with Gasteiger partial charge in [0, 0.05) is 29.9 Å². The second-order valence-corrected chi connectivity index (χ2v) is 12.6. The number of aliphatic hydroxyl groups is 2. The highest BCUT2D eigenvalue weighted by Gasteiger charge is 2.44. The van der Waals surface area contributed by atoms with Crippen molar-refractivity contribution in [1.29, 1.82) is 0 Å². The zero-order valence-electron chi connectivity index (χ0n) is 20.4. The molecular formula is C21H31N9O6S2. The van der Waals surface area contributed by atoms with Gasteiger partial charge in [0.25, 0.3) is 0 Å². The van der Waals surface area contributed by atoms with E-state index in [2.05, 4.69) is 30.3 Å². The third-order valence-electron chi connectivity index (χ3n) is 7.38. The molecule has 17 heteroatoms. The van der Waals surface area contributed by atoms with Crippen LogP contribution < -0.4 is 25.8 Å². The number of unbranched alkanes of at least 4 members (excludes halogenated alkanes) is 1. The van der Waals surface area contributed by atoms with Crippen LogP contribution in [0.3, 0.4) is 0 Å². The Morgan fingerprint density at radius 3 is 2.84 bits per heavy atom. The predicted octanol–water partition coefficient (Wildman–Crippen LogP) is -1.63. The fraction of sp³-hybridized carbons (Fsp3) is 0.667. The van der Waals surface area contributed by atoms with Crippen molar-refractivity contribution in [3.8, 4) is 0 Å². The summed E-state index contributed by atoms with van der Waals surface area (Å²) < 4.78 is 30.8. The lowest BCUT2D eigenvalue weighted by Gasteiger charge is -2.18. The molecule has 2 aromatic heterocycles. The number of hydrogen-bond acceptors (Lipinski definition) is 11. The van der Waals surface area contributed by atoms with Crippen LogP contribution in [0.25, 0.3) is 11.2 Å². The molecule has 0 aromatic carbocycles. The summed E-state index contributed by atoms with van der Waals surface area (Å²) in [5.74, 6) is -0.199. The summed E-state index contributed by atoms with van der Waals surface area (Å²) >= 11 is 1.79. The normalized spacial score (nSPS) is 30.8. The number of carbonyl (C=O) groups excluding carboxylic acids is 2. The minimum atomic E-state index is -4.15. The number of fused-ring (bicyclic) bond motifs is 2. The quantitative estimate of drug-likeness (QED) is 0.127. The Kier molecular flexibility index (Phi) is 7.63. The van der Waals surface area contributed by atoms with E-state index >= 15 is 0 Å². The van der Waals surface area contributed by atoms with Gasteiger partial charge in [0.05, 0.1) is 30.6 Å². The number of rotatable bonds is 10. The Balaban J connectivity index is 1.07. The molecule has 0 spiro atoms. The number of imidazole rings is 1. The van der Waals surface area contributed by atoms with Gasteiger partial charge in [0.1, 0.15) is 17.9 Å². The van der Waals surface area contributed by atoms with E-state index < -0.39 is 40.3 Å². The summed E-state index contributed by atoms with van der Waals surface area (Å²) in [7, 11) is -4.15. The Bertz CT molecular complexity index is 1310. The largest absolute Gasteiger partial charge is 0.390 e. The summed E-state index contributed by atoms with van der Waals surface area (Å²) in [4.78, 5) is 35.9. The van der Waals surface area contributed by atoms with Gasteiger partial charge in [0.2, 0.25) is 5.91 Å². The molecule has 15 nitrogen and oxygen atoms in total. The van der Waals surface area contributed by atoms with Crippen LogP contribution in [-0.4, -0.2) is 91.9 Å². The first-order valence-electron chi connectivity index (χ1n) is 12.4. The maximum atomic E-state index is 12.4. The summed E-state index contributed by atoms with van der Waals surface area (Å²) in [5, 5.41) is 27.2. The molecule has 7 atom stereocenters. The van der Waals surface area contributed by atoms with Crippen LogP contribution in [0.5, 0.6) is 0 Å². The van der Waals surface area contributed by atoms with E-state index in [-0.39, 0.29) is 48.6 Å². The first-order chi connectivity index (χ1) is 18.1. The van der Waals surface area contributed by atoms with Crippen molar-refractivity contribution >= 4 is 50.9 Å². The van der Waals surface area contributed by atoms with Gasteiger partial charge in [-0.3, -0.25) is 4.79 Å². The Morgan fingerprint density at radius 1 is 1.21 bits per heavy atom. The molecule has 38 heavy (non-hydrogen) atoms. The van der Waals surface area contributed by atoms with Crippen molar-refractivity contribution in [1.82, 2.24) is 39.6 Å². The van der Waals surface area contributed by atoms with Gasteiger partial charge in [-0.05, 0) is 19.3 Å². The van der Waals surface area contributed by atoms with Crippen LogP contribution in [0.4, 0.5) is 10.6 Å². The lowest BCUT2D eigenvalue weighted by atomic mass is 10.0. The Hall–Kier alpha value is -2.73. The molecule has 3 aliphatic rings. The SMILES string of the molecule is Nc1ncnc2c1ncn2[C@@H]1C[C@H](CNS(=O)(=O)NC(=O)CCCC[C@H]2SCC3NC(=O)NC32)[C@@H](O)[C@H]1O. The summed E-state index contributed by atoms with van der Waals surface area (Å²) in [6.07, 6.45) is 2.68. The van der Waals surface area contributed by atoms with Gasteiger partial charge in [0.15, 0.2) is 11.5 Å². The third-order valence-corrected chi connectivity index (χ3v) is 9.93. The number of nitrogen functional groups attached to an aromatic ring is 1. The van der Waals surface area contributed by atoms with Crippen molar-refractivity contribution in [2.45, 2.75) is 67.7 Å². The maximum absolute atomic E-state index is 12.4. The van der Waals surface area contributed by atoms with Crippen LogP contribution in [0.15, 0.2) is 12.7 Å². The van der Waals surface area contributed by atoms with Gasteiger partial charge in [-0.25, -0.2) is 24.5 Å². The van der Waals surface area contributed by atoms with Crippen molar-refractivity contribution in [2.75, 3.05) is 18.0 Å². The first kappa shape index (κ1) is 26.9. The summed E-state index contributed by atoms with van der Waals surface area (Å²) in [6, 6.07) is -0.518. The Labute approximate surface area is 222 Å². The number of anilines is 1. The van der Waals surface area contributed by atoms with Crippen LogP contribution >= 0.6 is 11.8 Å². The van der Waals surface area contributed by atoms with Crippen molar-refractivity contribution < 1.29 is 28.2 Å². The fourth-order valence-electron chi connectivity index (χ4n) is 5.42. The molecule has 3 amide bonds. The van der Waals surface area contributed by atoms with Gasteiger partial charge in [-0.15, -0.1) is 0 Å². The number of nitrogens with zero attached hydrogens (tertiary/aromatic N) is 4. The highest BCUT2D eigenvalue weighted by atomic mass is 32.2. The van der Waals surface area contributed by atoms with E-state index in [0.29, 0.717) is 17.6 Å². The minimum absolute atomic E-state index is 0.0442. The van der Waals surface area contributed by atoms with Crippen LogP contribution in [0.2, 0.25) is 0 Å². The van der Waals surface area contributed by atoms with E-state index in [1.807, 2.05) is 4.72 Å². The average Bonchev–Trinajstić information content (AvgIpc) is 3.61. The van der Waals surface area contributed by atoms with Gasteiger partial charge < -0.3 is 31.1 Å². The van der Waals surface area contributed by atoms with Gasteiger partial charge in [-0.1, -0.05) is 6.42 Å². The van der Waals surface area contributed by atoms with E-state index in [0.717, 1.165) is 18.6 Å². The van der Waals surface area contributed by atoms with Crippen LogP contribution in [0, 0.1) is 5.92 Å². The van der Waals surface area contributed by atoms with E-state index in [4.69, 9.17) is 5.73 Å². The van der Waals surface area contributed by atoms with Gasteiger partial charge in [-0.2, -0.15) is 24.9 Å². The molecule has 208 valence electrons. The van der Waals surface area contributed by atoms with E-state index in [1.165, 1.54) is 12.7 Å². The van der Waals surface area contributed by atoms with Crippen molar-refractivity contribution in [3.05, 3.63) is 12.7 Å². The number of nitrogens with one attached hydrogen (secondary N) is 4. The molecule has 2 saturated heterocycles. The fourth-order valence-corrected chi connectivity index (χ4v) is 7.87. The van der Waals surface area contributed by atoms with Crippen molar-refractivity contribution in [2.24, 2.45) is 5.92 Å². The van der Waals surface area contributed by atoms with Crippen LogP contribution in [0.1, 0.15) is 38.1 Å². The summed E-state index contributed by atoms with van der Waals surface area (Å²) in [5.41, 5.74) is 6.59. The lowest BCUT2D eigenvalue weighted by molar-refractivity contribution is -0.119. The molecular weight excluding hydrogens is 538 g/mol. The zero-order valence-corrected chi connectivity index (χ0v) is 22.0. The van der Waals surface area contributed by atoms with Crippen molar-refractivity contribution in [3.63, 3.8) is 0 Å². The molecule has 8 N–H and O–H groups in total. The highest BCUT2D eigenvalue weighted by Crippen LogP contribution is 2.37. The molecule has 5 rings (SSSR count). The standard InChI is InChI=1S/C21H31N9O6S2/c22-19-16-20(24-8-23-19)30(9-25-16)12-5-10(17(32)18(12)33)6-26-38(35,36)29-14(31)4-2-1-3-13-15-11(7-37-13)27-21(34)28-15/h8-13,15,17-18,26,32-33H,1-7H2,(H,29,31)(H2,22,23,24)(H2,27,28,34)/t10-,11?,12-,13-,15?,17-,18+/m1/s1. The summed E-state index contributed by atoms with van der Waals surface area (Å²) in [6.45, 7) is -0.178. The number of carbonyl (C=O) groups is 2. The average molecular weight is 570 g/mol. The highest BCUT2D eigenvalue weighted by molar-refractivity contribution is 8.00. The van der Waals surface area contributed by atoms with E-state index in [1.54, 1.807) is 16.3 Å². The minimum Gasteiger partial charge on any atom is -0.390 e. The number of aliphatic hydroxyl groups excluding tert-OH is 2. The number of amides is 3. The first-order valence-corrected chi connectivity index (χ1v) is 14.9. The molecule has 2 aromatic rings. The number of thioether (sulfide) groups is 1. The molecule has 1 aliphatic carbocycles. The monoisotopic (exact) mass is 569 g/mol. The second kappa shape index (κ2) is 10.8.